The molecule has 35 heteroatoms. The van der Waals surface area contributed by atoms with Crippen LogP contribution in [0.25, 0.3) is 68.3 Å². The molecular weight excluding hydrogens is 1180 g/mol. The Bertz CT molecular complexity index is 2320. The second-order valence-electron chi connectivity index (χ2n) is 12.0. The van der Waals surface area contributed by atoms with Crippen molar-refractivity contribution in [3.8, 4) is 68.3 Å². The van der Waals surface area contributed by atoms with E-state index in [1.807, 2.05) is 146 Å². The van der Waals surface area contributed by atoms with Crippen LogP contribution in [0.2, 0.25) is 0 Å². The molecule has 0 saturated carbocycles. The van der Waals surface area contributed by atoms with Crippen LogP contribution in [0.1, 0.15) is 0 Å². The van der Waals surface area contributed by atoms with Gasteiger partial charge in [0.25, 0.3) is 0 Å². The molecule has 10 N–H and O–H groups in total. The van der Waals surface area contributed by atoms with Gasteiger partial charge in [-0.1, -0.05) is 48.5 Å². The van der Waals surface area contributed by atoms with Gasteiger partial charge in [0.05, 0.1) is 68.3 Å². The molecule has 0 unspecified atom stereocenters. The zero-order valence-electron chi connectivity index (χ0n) is 37.1. The molecule has 0 aliphatic heterocycles. The maximum absolute atomic E-state index is 8.49. The quantitative estimate of drug-likeness (QED) is 0.110. The third-order valence-electron chi connectivity index (χ3n) is 7.23. The fourth-order valence-corrected chi connectivity index (χ4v) is 4.94. The second-order valence-corrected chi connectivity index (χ2v) is 15.0. The second kappa shape index (κ2) is 38.2. The Morgan fingerprint density at radius 2 is 0.347 bits per heavy atom. The molecule has 8 heterocycles. The topological polar surface area (TPSA) is 630 Å². The van der Waals surface area contributed by atoms with Crippen LogP contribution in [0.5, 0.6) is 0 Å². The Hall–Kier alpha value is -5.44. The summed E-state index contributed by atoms with van der Waals surface area (Å²) >= 11 is 0. The first-order valence-electron chi connectivity index (χ1n) is 17.8. The van der Waals surface area contributed by atoms with Crippen LogP contribution in [0.4, 0.5) is 0 Å². The van der Waals surface area contributed by atoms with Crippen molar-refractivity contribution in [2.45, 2.75) is 0 Å². The van der Waals surface area contributed by atoms with Gasteiger partial charge in [-0.3, -0.25) is 19.9 Å². The number of halogens is 4. The van der Waals surface area contributed by atoms with E-state index in [-0.39, 0.29) is 61.5 Å². The van der Waals surface area contributed by atoms with Gasteiger partial charge in [-0.05, 0) is 97.1 Å². The maximum Gasteiger partial charge on any atom is 3.00 e. The molecule has 0 bridgehead atoms. The van der Waals surface area contributed by atoms with Gasteiger partial charge in [0.2, 0.25) is 0 Å². The van der Waals surface area contributed by atoms with Crippen LogP contribution in [0, 0.1) is 41.0 Å². The molecule has 75 heavy (non-hydrogen) atoms. The summed E-state index contributed by atoms with van der Waals surface area (Å²) in [6, 6.07) is 46.7. The minimum Gasteiger partial charge on any atom is -2.00 e. The molecule has 29 nitrogen and oxygen atoms in total. The standard InChI is InChI=1S/2C20H14N4.4ClHO4.2Fe.4H2O.O/c2*1-3-13-21-15(7-1)17-9-5-11-19(23-17)20-12-6-10-18(24-20)16-8-2-4-14-22-16;4*2-1(3,4)5;;;;;;;/h2*1-14H;4*(H,2,3,4,5);;;4*1H2;/q;;;;;;2*+3;;;;;-2/p-2. The van der Waals surface area contributed by atoms with E-state index in [1.165, 1.54) is 0 Å². The molecule has 0 aliphatic carbocycles. The van der Waals surface area contributed by atoms with Crippen molar-refractivity contribution in [3.05, 3.63) is 170 Å². The Labute approximate surface area is 453 Å². The number of aromatic nitrogens is 8. The van der Waals surface area contributed by atoms with Crippen LogP contribution in [-0.4, -0.2) is 50.8 Å². The molecule has 0 aliphatic rings. The van der Waals surface area contributed by atoms with Gasteiger partial charge in [0.1, 0.15) is 0 Å². The largest absolute Gasteiger partial charge is 3.00 e. The predicted molar refractivity (Wildman–Crippen MR) is 206 cm³/mol. The predicted octanol–water partition coefficient (Wildman–Crippen LogP) is -14.1. The van der Waals surface area contributed by atoms with Gasteiger partial charge in [0, 0.05) is 24.8 Å². The van der Waals surface area contributed by atoms with E-state index in [0.29, 0.717) is 0 Å². The summed E-state index contributed by atoms with van der Waals surface area (Å²) in [4.78, 5) is 36.2. The normalized spacial score (nSPS) is 9.92. The van der Waals surface area contributed by atoms with Gasteiger partial charge < -0.3 is 27.4 Å². The Morgan fingerprint density at radius 3 is 0.467 bits per heavy atom. The summed E-state index contributed by atoms with van der Waals surface area (Å²) in [7, 11) is -19.8. The number of nitrogens with zero attached hydrogens (tertiary/aromatic N) is 8. The van der Waals surface area contributed by atoms with Crippen molar-refractivity contribution in [1.29, 1.82) is 0 Å². The molecule has 0 amide bonds. The monoisotopic (exact) mass is 1220 g/mol. The third kappa shape index (κ3) is 37.0. The van der Waals surface area contributed by atoms with E-state index in [0.717, 1.165) is 68.3 Å². The van der Waals surface area contributed by atoms with Crippen LogP contribution < -0.4 is 74.5 Å². The van der Waals surface area contributed by atoms with Crippen molar-refractivity contribution in [3.63, 3.8) is 0 Å². The van der Waals surface area contributed by atoms with E-state index in [4.69, 9.17) is 94.5 Å². The fraction of sp³-hybridized carbons (Fsp3) is 0. The van der Waals surface area contributed by atoms with Crippen molar-refractivity contribution in [2.24, 2.45) is 0 Å². The molecule has 0 aromatic carbocycles. The first-order valence-corrected chi connectivity index (χ1v) is 22.8. The van der Waals surface area contributed by atoms with E-state index in [9.17, 15) is 0 Å². The zero-order chi connectivity index (χ0) is 50.4. The molecule has 8 rings (SSSR count). The zero-order valence-corrected chi connectivity index (χ0v) is 42.3. The van der Waals surface area contributed by atoms with E-state index in [2.05, 4.69) is 19.9 Å². The van der Waals surface area contributed by atoms with Gasteiger partial charge >= 0.3 is 34.1 Å². The first-order chi connectivity index (χ1) is 31.8. The smallest absolute Gasteiger partial charge is 2.00 e. The molecular formula is C40H38Cl4Fe2N8O21+2. The van der Waals surface area contributed by atoms with Crippen molar-refractivity contribution in [1.82, 2.24) is 39.9 Å². The molecule has 8 aromatic heterocycles. The minimum atomic E-state index is -4.94. The van der Waals surface area contributed by atoms with Crippen molar-refractivity contribution < 1.29 is 177 Å². The van der Waals surface area contributed by atoms with Crippen molar-refractivity contribution in [2.75, 3.05) is 0 Å². The summed E-state index contributed by atoms with van der Waals surface area (Å²) in [5, 5.41) is 0. The van der Waals surface area contributed by atoms with Gasteiger partial charge in [0.15, 0.2) is 0 Å². The SMILES string of the molecule is O.O.[Fe+3].[Fe+3].[O-2].[O-][Cl+3]([O-])([O-])[O-].[O-][Cl+3]([O-])([O-])[O-].[O-][Cl+3]([O-])([O-])[O-].[O-][Cl+3]([O-])([O-])[O-].[OH3+].[OH3+].c1ccc(-c2cccc(-c3cccc(-c4ccccn4)n3)n2)nc1.c1ccc(-c2cccc(-c3cccc(-c4ccccn4)n3)n2)nc1. The number of hydrogen-bond acceptors (Lipinski definition) is 24. The fourth-order valence-electron chi connectivity index (χ4n) is 4.94. The molecule has 0 fully saturated rings. The van der Waals surface area contributed by atoms with Gasteiger partial charge in [-0.25, -0.2) is 94.5 Å². The third-order valence-corrected chi connectivity index (χ3v) is 7.23. The summed E-state index contributed by atoms with van der Waals surface area (Å²) in [5.41, 5.74) is 9.98. The Kier molecular flexibility index (Phi) is 39.9. The summed E-state index contributed by atoms with van der Waals surface area (Å²) < 4.78 is 136. The Morgan fingerprint density at radius 1 is 0.227 bits per heavy atom. The van der Waals surface area contributed by atoms with E-state index in [1.54, 1.807) is 24.8 Å². The molecule has 0 spiro atoms. The van der Waals surface area contributed by atoms with Crippen LogP contribution >= 0.6 is 0 Å². The number of pyridine rings is 8. The maximum atomic E-state index is 8.49. The number of hydrogen-bond donors (Lipinski definition) is 0. The molecule has 8 aromatic rings. The summed E-state index contributed by atoms with van der Waals surface area (Å²) in [6.45, 7) is 0. The first kappa shape index (κ1) is 78.4. The van der Waals surface area contributed by atoms with Crippen LogP contribution in [0.3, 0.4) is 0 Å². The summed E-state index contributed by atoms with van der Waals surface area (Å²) in [6.07, 6.45) is 7.07. The minimum absolute atomic E-state index is 0. The average molecular weight is 1220 g/mol. The molecule has 0 atom stereocenters. The average Bonchev–Trinajstić information content (AvgIpc) is 3.28. The van der Waals surface area contributed by atoms with Crippen LogP contribution in [-0.2, 0) is 50.6 Å². The molecule has 2 radical (unpaired) electrons. The van der Waals surface area contributed by atoms with Crippen molar-refractivity contribution >= 4 is 0 Å². The van der Waals surface area contributed by atoms with Gasteiger partial charge in [-0.15, -0.1) is 41.0 Å². The van der Waals surface area contributed by atoms with E-state index >= 15 is 0 Å². The van der Waals surface area contributed by atoms with E-state index < -0.39 is 41.0 Å². The number of rotatable bonds is 6. The van der Waals surface area contributed by atoms with Gasteiger partial charge in [-0.2, -0.15) is 0 Å². The summed E-state index contributed by atoms with van der Waals surface area (Å²) in [5.74, 6) is 0. The van der Waals surface area contributed by atoms with Crippen LogP contribution in [0.15, 0.2) is 170 Å². The Balaban J connectivity index is -0.000000300. The molecule has 0 saturated heterocycles. The molecule has 406 valence electrons.